The number of rotatable bonds is 6. The molecule has 2 heterocycles. The third kappa shape index (κ3) is 5.29. The van der Waals surface area contributed by atoms with Crippen LogP contribution >= 0.6 is 0 Å². The Bertz CT molecular complexity index is 743. The second kappa shape index (κ2) is 9.16. The summed E-state index contributed by atoms with van der Waals surface area (Å²) >= 11 is 0. The lowest BCUT2D eigenvalue weighted by atomic mass is 10.1. The number of amides is 2. The van der Waals surface area contributed by atoms with E-state index in [0.717, 1.165) is 24.5 Å². The van der Waals surface area contributed by atoms with E-state index < -0.39 is 6.04 Å². The number of aryl methyl sites for hydroxylation is 1. The lowest BCUT2D eigenvalue weighted by Gasteiger charge is -2.36. The molecule has 1 atom stereocenters. The lowest BCUT2D eigenvalue weighted by molar-refractivity contribution is -0.136. The first-order valence-corrected chi connectivity index (χ1v) is 9.41. The SMILES string of the molecule is C[C@@H](NC(=O)CCc1ccccc1)C(=O)N1CCN(c2ccccn2)CC1. The summed E-state index contributed by atoms with van der Waals surface area (Å²) in [5.41, 5.74) is 1.12. The molecule has 0 saturated carbocycles. The molecule has 1 aliphatic heterocycles. The van der Waals surface area contributed by atoms with Crippen LogP contribution in [0.3, 0.4) is 0 Å². The zero-order chi connectivity index (χ0) is 19.1. The molecule has 0 radical (unpaired) electrons. The number of carbonyl (C=O) groups is 2. The molecule has 0 bridgehead atoms. The van der Waals surface area contributed by atoms with E-state index in [9.17, 15) is 9.59 Å². The van der Waals surface area contributed by atoms with Gasteiger partial charge in [-0.05, 0) is 31.0 Å². The van der Waals surface area contributed by atoms with E-state index in [4.69, 9.17) is 0 Å². The van der Waals surface area contributed by atoms with Crippen molar-refractivity contribution in [1.29, 1.82) is 0 Å². The number of piperazine rings is 1. The normalized spacial score (nSPS) is 15.3. The Morgan fingerprint density at radius 1 is 1.04 bits per heavy atom. The highest BCUT2D eigenvalue weighted by atomic mass is 16.2. The highest BCUT2D eigenvalue weighted by molar-refractivity contribution is 5.87. The van der Waals surface area contributed by atoms with Crippen molar-refractivity contribution < 1.29 is 9.59 Å². The van der Waals surface area contributed by atoms with Gasteiger partial charge in [0.15, 0.2) is 0 Å². The smallest absolute Gasteiger partial charge is 0.244 e. The Balaban J connectivity index is 1.43. The standard InChI is InChI=1S/C21H26N4O2/c1-17(23-20(26)11-10-18-7-3-2-4-8-18)21(27)25-15-13-24(14-16-25)19-9-5-6-12-22-19/h2-9,12,17H,10-11,13-16H2,1H3,(H,23,26)/t17-/m1/s1. The number of anilines is 1. The zero-order valence-electron chi connectivity index (χ0n) is 15.7. The van der Waals surface area contributed by atoms with E-state index in [1.165, 1.54) is 0 Å². The molecule has 0 spiro atoms. The summed E-state index contributed by atoms with van der Waals surface area (Å²) in [6.45, 7) is 4.53. The minimum atomic E-state index is -0.505. The van der Waals surface area contributed by atoms with Crippen LogP contribution in [0.25, 0.3) is 0 Å². The molecule has 1 N–H and O–H groups in total. The van der Waals surface area contributed by atoms with E-state index in [2.05, 4.69) is 15.2 Å². The number of pyridine rings is 1. The summed E-state index contributed by atoms with van der Waals surface area (Å²) in [5, 5.41) is 2.83. The third-order valence-corrected chi connectivity index (χ3v) is 4.80. The Morgan fingerprint density at radius 3 is 2.41 bits per heavy atom. The fourth-order valence-corrected chi connectivity index (χ4v) is 3.25. The van der Waals surface area contributed by atoms with Crippen molar-refractivity contribution in [2.75, 3.05) is 31.1 Å². The molecule has 6 heteroatoms. The number of carbonyl (C=O) groups excluding carboxylic acids is 2. The molecular formula is C21H26N4O2. The average Bonchev–Trinajstić information content (AvgIpc) is 2.73. The largest absolute Gasteiger partial charge is 0.353 e. The first-order valence-electron chi connectivity index (χ1n) is 9.41. The Morgan fingerprint density at radius 2 is 1.74 bits per heavy atom. The van der Waals surface area contributed by atoms with Gasteiger partial charge in [0.05, 0.1) is 0 Å². The molecule has 1 aliphatic rings. The Hall–Kier alpha value is -2.89. The molecule has 142 valence electrons. The monoisotopic (exact) mass is 366 g/mol. The number of nitrogens with zero attached hydrogens (tertiary/aromatic N) is 3. The van der Waals surface area contributed by atoms with Crippen molar-refractivity contribution in [3.63, 3.8) is 0 Å². The van der Waals surface area contributed by atoms with Gasteiger partial charge in [-0.1, -0.05) is 36.4 Å². The van der Waals surface area contributed by atoms with Crippen molar-refractivity contribution >= 4 is 17.6 Å². The maximum Gasteiger partial charge on any atom is 0.244 e. The predicted molar refractivity (Wildman–Crippen MR) is 105 cm³/mol. The van der Waals surface area contributed by atoms with E-state index in [1.54, 1.807) is 13.1 Å². The van der Waals surface area contributed by atoms with E-state index in [-0.39, 0.29) is 11.8 Å². The molecule has 2 amide bonds. The van der Waals surface area contributed by atoms with E-state index in [0.29, 0.717) is 25.9 Å². The van der Waals surface area contributed by atoms with Crippen LogP contribution in [0.5, 0.6) is 0 Å². The molecule has 1 aromatic carbocycles. The minimum absolute atomic E-state index is 0.0243. The van der Waals surface area contributed by atoms with Gasteiger partial charge in [0, 0.05) is 38.8 Å². The number of benzene rings is 1. The van der Waals surface area contributed by atoms with Crippen LogP contribution < -0.4 is 10.2 Å². The van der Waals surface area contributed by atoms with Gasteiger partial charge in [0.1, 0.15) is 11.9 Å². The Labute approximate surface area is 160 Å². The maximum absolute atomic E-state index is 12.6. The van der Waals surface area contributed by atoms with Crippen molar-refractivity contribution in [3.8, 4) is 0 Å². The number of hydrogen-bond acceptors (Lipinski definition) is 4. The summed E-state index contributed by atoms with van der Waals surface area (Å²) in [6, 6.07) is 15.2. The van der Waals surface area contributed by atoms with Gasteiger partial charge in [0.25, 0.3) is 0 Å². The van der Waals surface area contributed by atoms with Crippen molar-refractivity contribution in [3.05, 3.63) is 60.3 Å². The van der Waals surface area contributed by atoms with E-state index in [1.807, 2.05) is 53.4 Å². The van der Waals surface area contributed by atoms with Gasteiger partial charge < -0.3 is 15.1 Å². The second-order valence-electron chi connectivity index (χ2n) is 6.78. The predicted octanol–water partition coefficient (Wildman–Crippen LogP) is 1.87. The van der Waals surface area contributed by atoms with Gasteiger partial charge in [-0.3, -0.25) is 9.59 Å². The van der Waals surface area contributed by atoms with Crippen molar-refractivity contribution in [2.24, 2.45) is 0 Å². The first kappa shape index (κ1) is 18.9. The van der Waals surface area contributed by atoms with Crippen LogP contribution in [0.2, 0.25) is 0 Å². The van der Waals surface area contributed by atoms with Crippen molar-refractivity contribution in [1.82, 2.24) is 15.2 Å². The molecule has 0 aliphatic carbocycles. The molecule has 1 aromatic heterocycles. The summed E-state index contributed by atoms with van der Waals surface area (Å²) in [4.78, 5) is 33.1. The third-order valence-electron chi connectivity index (χ3n) is 4.80. The van der Waals surface area contributed by atoms with E-state index >= 15 is 0 Å². The van der Waals surface area contributed by atoms with Crippen LogP contribution in [0.4, 0.5) is 5.82 Å². The maximum atomic E-state index is 12.6. The number of hydrogen-bond donors (Lipinski definition) is 1. The summed E-state index contributed by atoms with van der Waals surface area (Å²) in [5.74, 6) is 0.822. The number of nitrogens with one attached hydrogen (secondary N) is 1. The molecule has 1 saturated heterocycles. The highest BCUT2D eigenvalue weighted by Gasteiger charge is 2.26. The minimum Gasteiger partial charge on any atom is -0.353 e. The van der Waals surface area contributed by atoms with Crippen LogP contribution in [-0.4, -0.2) is 53.9 Å². The topological polar surface area (TPSA) is 65.5 Å². The summed E-state index contributed by atoms with van der Waals surface area (Å²) in [7, 11) is 0. The van der Waals surface area contributed by atoms with Crippen LogP contribution in [0, 0.1) is 0 Å². The fraction of sp³-hybridized carbons (Fsp3) is 0.381. The molecule has 2 aromatic rings. The first-order chi connectivity index (χ1) is 13.1. The molecule has 1 fully saturated rings. The van der Waals surface area contributed by atoms with Crippen molar-refractivity contribution in [2.45, 2.75) is 25.8 Å². The van der Waals surface area contributed by atoms with Gasteiger partial charge >= 0.3 is 0 Å². The molecule has 27 heavy (non-hydrogen) atoms. The quantitative estimate of drug-likeness (QED) is 0.848. The highest BCUT2D eigenvalue weighted by Crippen LogP contribution is 2.13. The lowest BCUT2D eigenvalue weighted by Crippen LogP contribution is -2.54. The van der Waals surface area contributed by atoms with Gasteiger partial charge in [-0.2, -0.15) is 0 Å². The molecule has 3 rings (SSSR count). The Kier molecular flexibility index (Phi) is 6.41. The van der Waals surface area contributed by atoms with Gasteiger partial charge in [-0.15, -0.1) is 0 Å². The van der Waals surface area contributed by atoms with Gasteiger partial charge in [-0.25, -0.2) is 4.98 Å². The van der Waals surface area contributed by atoms with Gasteiger partial charge in [0.2, 0.25) is 11.8 Å². The number of aromatic nitrogens is 1. The molecule has 6 nitrogen and oxygen atoms in total. The second-order valence-corrected chi connectivity index (χ2v) is 6.78. The fourth-order valence-electron chi connectivity index (χ4n) is 3.25. The summed E-state index contributed by atoms with van der Waals surface area (Å²) < 4.78 is 0. The molecule has 0 unspecified atom stereocenters. The average molecular weight is 366 g/mol. The molecular weight excluding hydrogens is 340 g/mol. The zero-order valence-corrected chi connectivity index (χ0v) is 15.7. The summed E-state index contributed by atoms with van der Waals surface area (Å²) in [6.07, 6.45) is 2.84. The van der Waals surface area contributed by atoms with Crippen LogP contribution in [0.15, 0.2) is 54.7 Å². The van der Waals surface area contributed by atoms with Crippen LogP contribution in [0.1, 0.15) is 18.9 Å². The van der Waals surface area contributed by atoms with Crippen LogP contribution in [-0.2, 0) is 16.0 Å².